The number of halogens is 4. The number of aryl methyl sites for hydroxylation is 1. The van der Waals surface area contributed by atoms with E-state index in [1.807, 2.05) is 6.92 Å². The molecule has 0 aliphatic carbocycles. The molecule has 0 amide bonds. The molecule has 0 radical (unpaired) electrons. The normalized spacial score (nSPS) is 12.2. The SMILES string of the molecule is CCc1nsc(Sc2nnc3c(Cl)cc(C(F)(F)F)cn23)n1. The summed E-state index contributed by atoms with van der Waals surface area (Å²) < 4.78 is 44.5. The lowest BCUT2D eigenvalue weighted by Crippen LogP contribution is -2.07. The highest BCUT2D eigenvalue weighted by Crippen LogP contribution is 2.34. The Morgan fingerprint density at radius 2 is 2.14 bits per heavy atom. The van der Waals surface area contributed by atoms with Crippen LogP contribution in [0.3, 0.4) is 0 Å². The highest BCUT2D eigenvalue weighted by molar-refractivity contribution is 8.00. The second kappa shape index (κ2) is 5.67. The van der Waals surface area contributed by atoms with Crippen LogP contribution in [0, 0.1) is 0 Å². The van der Waals surface area contributed by atoms with E-state index in [0.717, 1.165) is 35.6 Å². The molecule has 11 heteroatoms. The molecule has 3 rings (SSSR count). The summed E-state index contributed by atoms with van der Waals surface area (Å²) in [6, 6.07) is 0.833. The standard InChI is InChI=1S/C11H7ClF3N5S2/c1-2-7-16-10(22-19-7)21-9-18-17-8-6(12)3-5(4-20(8)9)11(13,14)15/h3-4H,2H2,1H3. The summed E-state index contributed by atoms with van der Waals surface area (Å²) >= 11 is 8.11. The van der Waals surface area contributed by atoms with Gasteiger partial charge in [0.15, 0.2) is 9.99 Å². The largest absolute Gasteiger partial charge is 0.417 e. The van der Waals surface area contributed by atoms with Crippen molar-refractivity contribution in [1.29, 1.82) is 0 Å². The van der Waals surface area contributed by atoms with E-state index in [2.05, 4.69) is 19.6 Å². The van der Waals surface area contributed by atoms with Crippen molar-refractivity contribution < 1.29 is 13.2 Å². The molecule has 0 saturated heterocycles. The number of hydrogen-bond donors (Lipinski definition) is 0. The van der Waals surface area contributed by atoms with Gasteiger partial charge in [-0.15, -0.1) is 10.2 Å². The molecular formula is C11H7ClF3N5S2. The molecule has 0 aromatic carbocycles. The van der Waals surface area contributed by atoms with Gasteiger partial charge >= 0.3 is 6.18 Å². The van der Waals surface area contributed by atoms with Gasteiger partial charge in [0.05, 0.1) is 10.6 Å². The maximum atomic E-state index is 12.9. The smallest absolute Gasteiger partial charge is 0.275 e. The molecule has 0 saturated carbocycles. The lowest BCUT2D eigenvalue weighted by Gasteiger charge is -2.08. The third-order valence-electron chi connectivity index (χ3n) is 2.70. The third-order valence-corrected chi connectivity index (χ3v) is 4.73. The lowest BCUT2D eigenvalue weighted by atomic mass is 10.3. The second-order valence-corrected chi connectivity index (χ2v) is 6.56. The van der Waals surface area contributed by atoms with Gasteiger partial charge in [-0.05, 0) is 29.4 Å². The van der Waals surface area contributed by atoms with Crippen LogP contribution in [0.5, 0.6) is 0 Å². The summed E-state index contributed by atoms with van der Waals surface area (Å²) in [4.78, 5) is 4.24. The zero-order chi connectivity index (χ0) is 15.9. The monoisotopic (exact) mass is 365 g/mol. The van der Waals surface area contributed by atoms with Crippen molar-refractivity contribution in [3.8, 4) is 0 Å². The minimum absolute atomic E-state index is 0.110. The van der Waals surface area contributed by atoms with Gasteiger partial charge in [-0.1, -0.05) is 18.5 Å². The number of rotatable bonds is 3. The van der Waals surface area contributed by atoms with Crippen molar-refractivity contribution in [2.45, 2.75) is 29.0 Å². The molecule has 0 atom stereocenters. The van der Waals surface area contributed by atoms with E-state index >= 15 is 0 Å². The van der Waals surface area contributed by atoms with E-state index in [9.17, 15) is 13.2 Å². The molecule has 0 aliphatic rings. The fraction of sp³-hybridized carbons (Fsp3) is 0.273. The maximum Gasteiger partial charge on any atom is 0.417 e. The molecule has 0 aliphatic heterocycles. The van der Waals surface area contributed by atoms with Crippen molar-refractivity contribution >= 4 is 40.5 Å². The van der Waals surface area contributed by atoms with E-state index in [-0.39, 0.29) is 15.8 Å². The summed E-state index contributed by atoms with van der Waals surface area (Å²) in [5, 5.41) is 7.83. The first kappa shape index (κ1) is 15.5. The van der Waals surface area contributed by atoms with Crippen LogP contribution in [0.2, 0.25) is 5.02 Å². The molecule has 0 N–H and O–H groups in total. The topological polar surface area (TPSA) is 56.0 Å². The third kappa shape index (κ3) is 2.90. The predicted molar refractivity (Wildman–Crippen MR) is 76.4 cm³/mol. The summed E-state index contributed by atoms with van der Waals surface area (Å²) in [7, 11) is 0. The van der Waals surface area contributed by atoms with Crippen LogP contribution in [-0.2, 0) is 12.6 Å². The van der Waals surface area contributed by atoms with Crippen LogP contribution in [0.15, 0.2) is 21.8 Å². The highest BCUT2D eigenvalue weighted by Gasteiger charge is 2.32. The van der Waals surface area contributed by atoms with Gasteiger partial charge in [0.1, 0.15) is 5.82 Å². The Balaban J connectivity index is 2.04. The van der Waals surface area contributed by atoms with Crippen LogP contribution in [-0.4, -0.2) is 24.0 Å². The molecule has 3 aromatic rings. The summed E-state index contributed by atoms with van der Waals surface area (Å²) in [6.45, 7) is 1.92. The average molecular weight is 366 g/mol. The second-order valence-electron chi connectivity index (χ2n) is 4.18. The quantitative estimate of drug-likeness (QED) is 0.703. The van der Waals surface area contributed by atoms with Crippen molar-refractivity contribution in [3.63, 3.8) is 0 Å². The van der Waals surface area contributed by atoms with Crippen molar-refractivity contribution in [2.75, 3.05) is 0 Å². The van der Waals surface area contributed by atoms with Crippen molar-refractivity contribution in [2.24, 2.45) is 0 Å². The number of hydrogen-bond acceptors (Lipinski definition) is 6. The molecular weight excluding hydrogens is 359 g/mol. The number of fused-ring (bicyclic) bond motifs is 1. The molecule has 0 fully saturated rings. The van der Waals surface area contributed by atoms with Crippen molar-refractivity contribution in [1.82, 2.24) is 24.0 Å². The van der Waals surface area contributed by atoms with E-state index in [1.54, 1.807) is 0 Å². The van der Waals surface area contributed by atoms with Crippen LogP contribution in [0.1, 0.15) is 18.3 Å². The first-order chi connectivity index (χ1) is 10.4. The van der Waals surface area contributed by atoms with Gasteiger partial charge in [-0.2, -0.15) is 17.5 Å². The molecule has 3 aromatic heterocycles. The van der Waals surface area contributed by atoms with Crippen LogP contribution in [0.4, 0.5) is 13.2 Å². The zero-order valence-corrected chi connectivity index (χ0v) is 13.3. The van der Waals surface area contributed by atoms with Crippen molar-refractivity contribution in [3.05, 3.63) is 28.7 Å². The van der Waals surface area contributed by atoms with E-state index in [0.29, 0.717) is 16.6 Å². The van der Waals surface area contributed by atoms with Gasteiger partial charge in [0.25, 0.3) is 0 Å². The molecule has 3 heterocycles. The number of aromatic nitrogens is 5. The van der Waals surface area contributed by atoms with E-state index < -0.39 is 11.7 Å². The zero-order valence-electron chi connectivity index (χ0n) is 10.9. The van der Waals surface area contributed by atoms with Crippen LogP contribution in [0.25, 0.3) is 5.65 Å². The molecule has 0 unspecified atom stereocenters. The minimum atomic E-state index is -4.50. The fourth-order valence-electron chi connectivity index (χ4n) is 1.66. The van der Waals surface area contributed by atoms with Gasteiger partial charge in [-0.25, -0.2) is 4.98 Å². The predicted octanol–water partition coefficient (Wildman–Crippen LogP) is 3.97. The van der Waals surface area contributed by atoms with Gasteiger partial charge in [0, 0.05) is 12.6 Å². The van der Waals surface area contributed by atoms with Crippen LogP contribution < -0.4 is 0 Å². The Kier molecular flexibility index (Phi) is 4.00. The Bertz CT molecular complexity index is 829. The first-order valence-corrected chi connectivity index (χ1v) is 7.97. The summed E-state index contributed by atoms with van der Waals surface area (Å²) in [5.41, 5.74) is -0.699. The highest BCUT2D eigenvalue weighted by atomic mass is 35.5. The van der Waals surface area contributed by atoms with Gasteiger partial charge in [-0.3, -0.25) is 4.40 Å². The average Bonchev–Trinajstić information content (AvgIpc) is 3.06. The van der Waals surface area contributed by atoms with Crippen LogP contribution >= 0.6 is 34.9 Å². The van der Waals surface area contributed by atoms with Gasteiger partial charge in [0.2, 0.25) is 5.16 Å². The molecule has 22 heavy (non-hydrogen) atoms. The summed E-state index contributed by atoms with van der Waals surface area (Å²) in [6.07, 6.45) is -2.89. The number of pyridine rings is 1. The Morgan fingerprint density at radius 1 is 1.36 bits per heavy atom. The Morgan fingerprint density at radius 3 is 2.77 bits per heavy atom. The summed E-state index contributed by atoms with van der Waals surface area (Å²) in [5.74, 6) is 0.676. The molecule has 116 valence electrons. The number of alkyl halides is 3. The Labute approximate surface area is 135 Å². The lowest BCUT2D eigenvalue weighted by molar-refractivity contribution is -0.137. The Hall–Kier alpha value is -1.39. The first-order valence-electron chi connectivity index (χ1n) is 6.00. The fourth-order valence-corrected chi connectivity index (χ4v) is 3.52. The molecule has 5 nitrogen and oxygen atoms in total. The maximum absolute atomic E-state index is 12.9. The minimum Gasteiger partial charge on any atom is -0.275 e. The van der Waals surface area contributed by atoms with E-state index in [1.165, 1.54) is 4.40 Å². The van der Waals surface area contributed by atoms with Gasteiger partial charge < -0.3 is 0 Å². The molecule has 0 spiro atoms. The van der Waals surface area contributed by atoms with E-state index in [4.69, 9.17) is 11.6 Å². The molecule has 0 bridgehead atoms. The number of nitrogens with zero attached hydrogens (tertiary/aromatic N) is 5.